The van der Waals surface area contributed by atoms with Crippen LogP contribution in [0.15, 0.2) is 30.3 Å². The quantitative estimate of drug-likeness (QED) is 0.932. The fraction of sp³-hybridized carbons (Fsp3) is 0.375. The number of phenolic OH excluding ortho intramolecular Hbond substituents is 1. The van der Waals surface area contributed by atoms with Gasteiger partial charge in [0.25, 0.3) is 0 Å². The lowest BCUT2D eigenvalue weighted by Crippen LogP contribution is -2.35. The number of rotatable bonds is 3. The normalized spacial score (nSPS) is 16.4. The van der Waals surface area contributed by atoms with Gasteiger partial charge in [-0.2, -0.15) is 0 Å². The smallest absolute Gasteiger partial charge is 0.128 e. The van der Waals surface area contributed by atoms with Crippen LogP contribution in [0.2, 0.25) is 0 Å². The van der Waals surface area contributed by atoms with Crippen LogP contribution in [-0.2, 0) is 11.3 Å². The molecule has 1 heterocycles. The van der Waals surface area contributed by atoms with Gasteiger partial charge in [-0.05, 0) is 6.07 Å². The van der Waals surface area contributed by atoms with Gasteiger partial charge in [0.05, 0.1) is 20.3 Å². The molecule has 0 amide bonds. The first kappa shape index (κ1) is 13.2. The molecule has 1 aliphatic rings. The molecule has 2 aromatic rings. The Morgan fingerprint density at radius 2 is 1.90 bits per heavy atom. The van der Waals surface area contributed by atoms with E-state index in [-0.39, 0.29) is 0 Å². The van der Waals surface area contributed by atoms with Crippen molar-refractivity contribution in [2.75, 3.05) is 33.4 Å². The van der Waals surface area contributed by atoms with Crippen LogP contribution in [0.5, 0.6) is 11.5 Å². The van der Waals surface area contributed by atoms with Crippen molar-refractivity contribution in [3.63, 3.8) is 0 Å². The van der Waals surface area contributed by atoms with Gasteiger partial charge >= 0.3 is 0 Å². The number of morpholine rings is 1. The molecule has 20 heavy (non-hydrogen) atoms. The number of ether oxygens (including phenoxy) is 2. The van der Waals surface area contributed by atoms with Crippen LogP contribution in [-0.4, -0.2) is 43.4 Å². The predicted molar refractivity (Wildman–Crippen MR) is 78.3 cm³/mol. The first-order chi connectivity index (χ1) is 9.79. The van der Waals surface area contributed by atoms with Gasteiger partial charge in [0, 0.05) is 36.0 Å². The Hall–Kier alpha value is -1.78. The fourth-order valence-electron chi connectivity index (χ4n) is 2.67. The van der Waals surface area contributed by atoms with Crippen molar-refractivity contribution in [3.05, 3.63) is 35.9 Å². The van der Waals surface area contributed by atoms with E-state index in [1.165, 1.54) is 0 Å². The number of benzene rings is 2. The van der Waals surface area contributed by atoms with E-state index in [9.17, 15) is 5.11 Å². The minimum absolute atomic E-state index is 0.355. The van der Waals surface area contributed by atoms with Crippen LogP contribution in [0.1, 0.15) is 5.56 Å². The predicted octanol–water partition coefficient (Wildman–Crippen LogP) is 2.39. The Bertz CT molecular complexity index is 606. The third-order valence-corrected chi connectivity index (χ3v) is 3.77. The summed E-state index contributed by atoms with van der Waals surface area (Å²) in [4.78, 5) is 2.28. The standard InChI is InChI=1S/C16H19NO3/c1-19-15-10-12(11-17-6-8-20-9-7-17)16(18)14-5-3-2-4-13(14)15/h2-5,10,18H,6-9,11H2,1H3. The van der Waals surface area contributed by atoms with Gasteiger partial charge in [-0.15, -0.1) is 0 Å². The molecule has 0 aliphatic carbocycles. The van der Waals surface area contributed by atoms with Crippen molar-refractivity contribution in [2.45, 2.75) is 6.54 Å². The summed E-state index contributed by atoms with van der Waals surface area (Å²) in [5.41, 5.74) is 0.905. The molecule has 3 rings (SSSR count). The van der Waals surface area contributed by atoms with Crippen molar-refractivity contribution in [1.29, 1.82) is 0 Å². The highest BCUT2D eigenvalue weighted by molar-refractivity contribution is 5.94. The van der Waals surface area contributed by atoms with Gasteiger partial charge in [0.1, 0.15) is 11.5 Å². The molecule has 0 aromatic heterocycles. The second-order valence-electron chi connectivity index (χ2n) is 5.02. The van der Waals surface area contributed by atoms with Crippen LogP contribution < -0.4 is 4.74 Å². The second kappa shape index (κ2) is 5.69. The van der Waals surface area contributed by atoms with Crippen LogP contribution in [0.25, 0.3) is 10.8 Å². The van der Waals surface area contributed by atoms with Gasteiger partial charge in [0.2, 0.25) is 0 Å². The summed E-state index contributed by atoms with van der Waals surface area (Å²) < 4.78 is 10.8. The van der Waals surface area contributed by atoms with E-state index in [2.05, 4.69) is 4.90 Å². The minimum atomic E-state index is 0.355. The zero-order chi connectivity index (χ0) is 13.9. The van der Waals surface area contributed by atoms with Crippen molar-refractivity contribution >= 4 is 10.8 Å². The Labute approximate surface area is 118 Å². The third kappa shape index (κ3) is 2.44. The maximum atomic E-state index is 10.5. The monoisotopic (exact) mass is 273 g/mol. The molecule has 0 bridgehead atoms. The number of aromatic hydroxyl groups is 1. The van der Waals surface area contributed by atoms with Gasteiger partial charge in [0.15, 0.2) is 0 Å². The number of methoxy groups -OCH3 is 1. The number of hydrogen-bond acceptors (Lipinski definition) is 4. The molecule has 4 heteroatoms. The maximum absolute atomic E-state index is 10.5. The lowest BCUT2D eigenvalue weighted by atomic mass is 10.0. The average molecular weight is 273 g/mol. The average Bonchev–Trinajstić information content (AvgIpc) is 2.51. The van der Waals surface area contributed by atoms with Crippen LogP contribution in [0, 0.1) is 0 Å². The van der Waals surface area contributed by atoms with Gasteiger partial charge in [-0.1, -0.05) is 24.3 Å². The summed E-state index contributed by atoms with van der Waals surface area (Å²) >= 11 is 0. The molecule has 4 nitrogen and oxygen atoms in total. The first-order valence-corrected chi connectivity index (χ1v) is 6.87. The van der Waals surface area contributed by atoms with E-state index in [1.54, 1.807) is 7.11 Å². The highest BCUT2D eigenvalue weighted by Crippen LogP contribution is 2.36. The Balaban J connectivity index is 1.99. The van der Waals surface area contributed by atoms with Crippen LogP contribution in [0.4, 0.5) is 0 Å². The highest BCUT2D eigenvalue weighted by Gasteiger charge is 2.16. The summed E-state index contributed by atoms with van der Waals surface area (Å²) in [6, 6.07) is 9.71. The van der Waals surface area contributed by atoms with Crippen molar-refractivity contribution in [2.24, 2.45) is 0 Å². The zero-order valence-corrected chi connectivity index (χ0v) is 11.6. The molecule has 1 saturated heterocycles. The molecule has 0 unspecified atom stereocenters. The molecular formula is C16H19NO3. The third-order valence-electron chi connectivity index (χ3n) is 3.77. The summed E-state index contributed by atoms with van der Waals surface area (Å²) in [6.07, 6.45) is 0. The molecule has 106 valence electrons. The van der Waals surface area contributed by atoms with E-state index < -0.39 is 0 Å². The van der Waals surface area contributed by atoms with E-state index in [0.717, 1.165) is 54.9 Å². The topological polar surface area (TPSA) is 41.9 Å². The van der Waals surface area contributed by atoms with Gasteiger partial charge < -0.3 is 14.6 Å². The van der Waals surface area contributed by atoms with Crippen molar-refractivity contribution < 1.29 is 14.6 Å². The minimum Gasteiger partial charge on any atom is -0.507 e. The molecule has 1 fully saturated rings. The maximum Gasteiger partial charge on any atom is 0.128 e. The zero-order valence-electron chi connectivity index (χ0n) is 11.6. The lowest BCUT2D eigenvalue weighted by Gasteiger charge is -2.27. The molecule has 1 aliphatic heterocycles. The molecule has 0 spiro atoms. The molecule has 1 N–H and O–H groups in total. The van der Waals surface area contributed by atoms with E-state index in [1.807, 2.05) is 30.3 Å². The number of phenols is 1. The van der Waals surface area contributed by atoms with Crippen molar-refractivity contribution in [1.82, 2.24) is 4.90 Å². The van der Waals surface area contributed by atoms with Crippen LogP contribution >= 0.6 is 0 Å². The fourth-order valence-corrected chi connectivity index (χ4v) is 2.67. The molecule has 2 aromatic carbocycles. The SMILES string of the molecule is COc1cc(CN2CCOCC2)c(O)c2ccccc12. The molecular weight excluding hydrogens is 254 g/mol. The largest absolute Gasteiger partial charge is 0.507 e. The summed E-state index contributed by atoms with van der Waals surface area (Å²) in [7, 11) is 1.66. The Morgan fingerprint density at radius 1 is 1.20 bits per heavy atom. The highest BCUT2D eigenvalue weighted by atomic mass is 16.5. The molecule has 0 atom stereocenters. The second-order valence-corrected chi connectivity index (χ2v) is 5.02. The number of hydrogen-bond donors (Lipinski definition) is 1. The summed E-state index contributed by atoms with van der Waals surface area (Å²) in [6.45, 7) is 4.02. The Morgan fingerprint density at radius 3 is 2.60 bits per heavy atom. The summed E-state index contributed by atoms with van der Waals surface area (Å²) in [5, 5.41) is 12.3. The van der Waals surface area contributed by atoms with Gasteiger partial charge in [-0.25, -0.2) is 0 Å². The van der Waals surface area contributed by atoms with Crippen LogP contribution in [0.3, 0.4) is 0 Å². The lowest BCUT2D eigenvalue weighted by molar-refractivity contribution is 0.0339. The Kier molecular flexibility index (Phi) is 3.76. The molecule has 0 saturated carbocycles. The summed E-state index contributed by atoms with van der Waals surface area (Å²) in [5.74, 6) is 1.16. The molecule has 0 radical (unpaired) electrons. The van der Waals surface area contributed by atoms with Gasteiger partial charge in [-0.3, -0.25) is 4.90 Å². The van der Waals surface area contributed by atoms with E-state index in [0.29, 0.717) is 5.75 Å². The first-order valence-electron chi connectivity index (χ1n) is 6.87. The van der Waals surface area contributed by atoms with E-state index >= 15 is 0 Å². The number of fused-ring (bicyclic) bond motifs is 1. The van der Waals surface area contributed by atoms with E-state index in [4.69, 9.17) is 9.47 Å². The number of nitrogens with zero attached hydrogens (tertiary/aromatic N) is 1. The van der Waals surface area contributed by atoms with Crippen molar-refractivity contribution in [3.8, 4) is 11.5 Å².